The monoisotopic (exact) mass is 336 g/mol. The van der Waals surface area contributed by atoms with Gasteiger partial charge in [-0.05, 0) is 36.0 Å². The van der Waals surface area contributed by atoms with E-state index >= 15 is 0 Å². The molecule has 1 aliphatic rings. The molecule has 0 unspecified atom stereocenters. The Bertz CT molecular complexity index is 728. The van der Waals surface area contributed by atoms with Crippen molar-refractivity contribution in [2.24, 2.45) is 0 Å². The summed E-state index contributed by atoms with van der Waals surface area (Å²) in [4.78, 5) is 10.9. The molecule has 0 spiro atoms. The van der Waals surface area contributed by atoms with Crippen LogP contribution in [0.4, 0.5) is 0 Å². The predicted octanol–water partition coefficient (Wildman–Crippen LogP) is 5.06. The van der Waals surface area contributed by atoms with E-state index in [4.69, 9.17) is 9.84 Å². The molecule has 1 saturated carbocycles. The van der Waals surface area contributed by atoms with E-state index in [1.165, 1.54) is 42.9 Å². The first-order chi connectivity index (χ1) is 12.2. The molecule has 1 N–H and O–H groups in total. The number of ether oxygens (including phenoxy) is 1. The van der Waals surface area contributed by atoms with E-state index < -0.39 is 5.97 Å². The molecule has 2 aromatic carbocycles. The second-order valence-electron chi connectivity index (χ2n) is 6.50. The maximum atomic E-state index is 10.9. The van der Waals surface area contributed by atoms with E-state index in [-0.39, 0.29) is 0 Å². The third-order valence-corrected chi connectivity index (χ3v) is 4.76. The number of hydrogen-bond donors (Lipinski definition) is 1. The maximum absolute atomic E-state index is 10.9. The predicted molar refractivity (Wildman–Crippen MR) is 100.0 cm³/mol. The highest BCUT2D eigenvalue weighted by molar-refractivity contribution is 5.86. The van der Waals surface area contributed by atoms with E-state index in [0.717, 1.165) is 17.7 Å². The number of benzene rings is 2. The maximum Gasteiger partial charge on any atom is 0.328 e. The molecule has 1 aliphatic carbocycles. The lowest BCUT2D eigenvalue weighted by molar-refractivity contribution is -0.131. The molecule has 0 aliphatic heterocycles. The number of rotatable bonds is 7. The zero-order valence-electron chi connectivity index (χ0n) is 14.4. The van der Waals surface area contributed by atoms with Crippen molar-refractivity contribution in [2.75, 3.05) is 6.61 Å². The van der Waals surface area contributed by atoms with Crippen molar-refractivity contribution < 1.29 is 14.6 Å². The molecule has 1 fully saturated rings. The van der Waals surface area contributed by atoms with Crippen LogP contribution in [0.25, 0.3) is 6.08 Å². The minimum atomic E-state index is -0.943. The van der Waals surface area contributed by atoms with Crippen molar-refractivity contribution in [2.45, 2.75) is 38.0 Å². The Kier molecular flexibility index (Phi) is 5.89. The number of carboxylic acid groups (broad SMARTS) is 1. The molecule has 3 nitrogen and oxygen atoms in total. The molecule has 130 valence electrons. The van der Waals surface area contributed by atoms with Crippen molar-refractivity contribution in [1.29, 1.82) is 0 Å². The lowest BCUT2D eigenvalue weighted by Crippen LogP contribution is -2.06. The Hall–Kier alpha value is -2.55. The van der Waals surface area contributed by atoms with Crippen LogP contribution < -0.4 is 4.74 Å². The van der Waals surface area contributed by atoms with Gasteiger partial charge in [0.1, 0.15) is 5.75 Å². The van der Waals surface area contributed by atoms with E-state index in [1.54, 1.807) is 6.08 Å². The van der Waals surface area contributed by atoms with Crippen LogP contribution in [-0.2, 0) is 11.2 Å². The summed E-state index contributed by atoms with van der Waals surface area (Å²) in [5, 5.41) is 8.94. The standard InChI is InChI=1S/C22H24O3/c23-21(24)14-13-19-11-6-12-20(18-9-4-5-10-18)22(19)25-16-15-17-7-2-1-3-8-17/h1-3,6-8,11-14,18H,4-5,9-10,15-16H2,(H,23,24)/b14-13+. The average molecular weight is 336 g/mol. The van der Waals surface area contributed by atoms with Gasteiger partial charge >= 0.3 is 5.97 Å². The van der Waals surface area contributed by atoms with E-state index in [0.29, 0.717) is 12.5 Å². The first-order valence-corrected chi connectivity index (χ1v) is 8.94. The van der Waals surface area contributed by atoms with E-state index in [2.05, 4.69) is 18.2 Å². The lowest BCUT2D eigenvalue weighted by atomic mass is 9.94. The van der Waals surface area contributed by atoms with Gasteiger partial charge < -0.3 is 9.84 Å². The van der Waals surface area contributed by atoms with Gasteiger partial charge in [-0.2, -0.15) is 0 Å². The molecule has 0 atom stereocenters. The average Bonchev–Trinajstić information content (AvgIpc) is 3.16. The summed E-state index contributed by atoms with van der Waals surface area (Å²) in [5.74, 6) is 0.425. The Morgan fingerprint density at radius 2 is 1.84 bits per heavy atom. The number of aliphatic carboxylic acids is 1. The van der Waals surface area contributed by atoms with Crippen LogP contribution in [-0.4, -0.2) is 17.7 Å². The van der Waals surface area contributed by atoms with Gasteiger partial charge in [0.05, 0.1) is 6.61 Å². The number of para-hydroxylation sites is 1. The molecular weight excluding hydrogens is 312 g/mol. The zero-order valence-corrected chi connectivity index (χ0v) is 14.4. The van der Waals surface area contributed by atoms with Crippen LogP contribution >= 0.6 is 0 Å². The van der Waals surface area contributed by atoms with Gasteiger partial charge in [-0.15, -0.1) is 0 Å². The molecule has 3 heteroatoms. The van der Waals surface area contributed by atoms with Crippen LogP contribution in [0.15, 0.2) is 54.6 Å². The van der Waals surface area contributed by atoms with Crippen LogP contribution in [0.3, 0.4) is 0 Å². The van der Waals surface area contributed by atoms with Crippen molar-refractivity contribution >= 4 is 12.0 Å². The summed E-state index contributed by atoms with van der Waals surface area (Å²) < 4.78 is 6.17. The normalized spacial score (nSPS) is 14.9. The first-order valence-electron chi connectivity index (χ1n) is 8.94. The molecule has 0 bridgehead atoms. The summed E-state index contributed by atoms with van der Waals surface area (Å²) in [5.41, 5.74) is 3.31. The molecule has 0 heterocycles. The van der Waals surface area contributed by atoms with Crippen LogP contribution in [0.2, 0.25) is 0 Å². The van der Waals surface area contributed by atoms with Gasteiger partial charge in [-0.1, -0.05) is 61.4 Å². The zero-order chi connectivity index (χ0) is 17.5. The smallest absolute Gasteiger partial charge is 0.328 e. The number of carboxylic acids is 1. The SMILES string of the molecule is O=C(O)/C=C/c1cccc(C2CCCC2)c1OCCc1ccccc1. The number of carbonyl (C=O) groups is 1. The summed E-state index contributed by atoms with van der Waals surface area (Å²) in [7, 11) is 0. The van der Waals surface area contributed by atoms with Crippen LogP contribution in [0.1, 0.15) is 48.3 Å². The Labute approximate surface area is 149 Å². The Balaban J connectivity index is 1.81. The minimum absolute atomic E-state index is 0.518. The molecule has 0 saturated heterocycles. The molecule has 2 aromatic rings. The highest BCUT2D eigenvalue weighted by Crippen LogP contribution is 2.40. The largest absolute Gasteiger partial charge is 0.492 e. The topological polar surface area (TPSA) is 46.5 Å². The first kappa shape index (κ1) is 17.3. The molecule has 3 rings (SSSR count). The molecule has 0 amide bonds. The van der Waals surface area contributed by atoms with Crippen LogP contribution in [0.5, 0.6) is 5.75 Å². The lowest BCUT2D eigenvalue weighted by Gasteiger charge is -2.18. The molecule has 0 radical (unpaired) electrons. The van der Waals surface area contributed by atoms with E-state index in [1.807, 2.05) is 30.3 Å². The summed E-state index contributed by atoms with van der Waals surface area (Å²) in [6.07, 6.45) is 8.52. The van der Waals surface area contributed by atoms with Crippen molar-refractivity contribution in [3.63, 3.8) is 0 Å². The van der Waals surface area contributed by atoms with Gasteiger partial charge in [0.25, 0.3) is 0 Å². The van der Waals surface area contributed by atoms with Crippen molar-refractivity contribution in [3.8, 4) is 5.75 Å². The fraction of sp³-hybridized carbons (Fsp3) is 0.318. The molecular formula is C22H24O3. The minimum Gasteiger partial charge on any atom is -0.492 e. The Morgan fingerprint density at radius 1 is 1.08 bits per heavy atom. The molecule has 0 aromatic heterocycles. The van der Waals surface area contributed by atoms with Gasteiger partial charge in [0.2, 0.25) is 0 Å². The van der Waals surface area contributed by atoms with Gasteiger partial charge in [0.15, 0.2) is 0 Å². The Morgan fingerprint density at radius 3 is 2.56 bits per heavy atom. The highest BCUT2D eigenvalue weighted by Gasteiger charge is 2.22. The van der Waals surface area contributed by atoms with E-state index in [9.17, 15) is 4.79 Å². The van der Waals surface area contributed by atoms with Gasteiger partial charge in [-0.25, -0.2) is 4.79 Å². The fourth-order valence-corrected chi connectivity index (χ4v) is 3.51. The third-order valence-electron chi connectivity index (χ3n) is 4.76. The quantitative estimate of drug-likeness (QED) is 0.719. The van der Waals surface area contributed by atoms with Crippen LogP contribution in [0, 0.1) is 0 Å². The number of hydrogen-bond acceptors (Lipinski definition) is 2. The summed E-state index contributed by atoms with van der Waals surface area (Å²) >= 11 is 0. The summed E-state index contributed by atoms with van der Waals surface area (Å²) in [6, 6.07) is 16.3. The highest BCUT2D eigenvalue weighted by atomic mass is 16.5. The van der Waals surface area contributed by atoms with Gasteiger partial charge in [-0.3, -0.25) is 0 Å². The van der Waals surface area contributed by atoms with Crippen molar-refractivity contribution in [1.82, 2.24) is 0 Å². The van der Waals surface area contributed by atoms with Gasteiger partial charge in [0, 0.05) is 18.1 Å². The fourth-order valence-electron chi connectivity index (χ4n) is 3.51. The second-order valence-corrected chi connectivity index (χ2v) is 6.50. The van der Waals surface area contributed by atoms with Crippen molar-refractivity contribution in [3.05, 3.63) is 71.3 Å². The molecule has 25 heavy (non-hydrogen) atoms. The summed E-state index contributed by atoms with van der Waals surface area (Å²) in [6.45, 7) is 0.585. The third kappa shape index (κ3) is 4.72. The second kappa shape index (κ2) is 8.52.